The lowest BCUT2D eigenvalue weighted by atomic mass is 10.1. The van der Waals surface area contributed by atoms with Gasteiger partial charge in [0.05, 0.1) is 17.6 Å². The fraction of sp³-hybridized carbons (Fsp3) is 0.750. The molecular formula is C12H22N6S. The first kappa shape index (κ1) is 14.4. The number of nitrogens with two attached hydrogens (primary N) is 1. The molecule has 106 valence electrons. The highest BCUT2D eigenvalue weighted by Gasteiger charge is 2.24. The van der Waals surface area contributed by atoms with Gasteiger partial charge in [-0.3, -0.25) is 14.5 Å². The second kappa shape index (κ2) is 6.40. The number of hydrogen-bond donors (Lipinski definition) is 1. The van der Waals surface area contributed by atoms with Gasteiger partial charge in [-0.1, -0.05) is 19.1 Å². The third kappa shape index (κ3) is 3.49. The quantitative estimate of drug-likeness (QED) is 0.767. The van der Waals surface area contributed by atoms with Crippen LogP contribution in [0.1, 0.15) is 19.2 Å². The van der Waals surface area contributed by atoms with Crippen LogP contribution in [0.2, 0.25) is 0 Å². The molecule has 2 N–H and O–H groups in total. The number of aryl methyl sites for hydroxylation is 1. The van der Waals surface area contributed by atoms with Gasteiger partial charge in [-0.05, 0) is 6.42 Å². The molecule has 1 aliphatic heterocycles. The highest BCUT2D eigenvalue weighted by Crippen LogP contribution is 2.11. The average molecular weight is 282 g/mol. The van der Waals surface area contributed by atoms with Crippen LogP contribution in [0.4, 0.5) is 0 Å². The minimum Gasteiger partial charge on any atom is -0.392 e. The Morgan fingerprint density at radius 2 is 2.11 bits per heavy atom. The number of aromatic nitrogens is 3. The molecule has 1 aromatic rings. The fourth-order valence-corrected chi connectivity index (χ4v) is 2.85. The summed E-state index contributed by atoms with van der Waals surface area (Å²) < 4.78 is 1.83. The van der Waals surface area contributed by atoms with Crippen molar-refractivity contribution in [2.24, 2.45) is 12.8 Å². The molecular weight excluding hydrogens is 260 g/mol. The first-order valence-corrected chi connectivity index (χ1v) is 7.11. The van der Waals surface area contributed by atoms with Crippen molar-refractivity contribution in [2.45, 2.75) is 25.9 Å². The minimum atomic E-state index is 0.243. The summed E-state index contributed by atoms with van der Waals surface area (Å²) in [6.07, 6.45) is 2.59. The number of hydrogen-bond acceptors (Lipinski definition) is 5. The Balaban J connectivity index is 1.85. The van der Waals surface area contributed by atoms with E-state index in [1.165, 1.54) is 0 Å². The van der Waals surface area contributed by atoms with Crippen molar-refractivity contribution in [3.05, 3.63) is 12.2 Å². The lowest BCUT2D eigenvalue weighted by Gasteiger charge is -2.38. The zero-order valence-electron chi connectivity index (χ0n) is 11.6. The summed E-state index contributed by atoms with van der Waals surface area (Å²) in [6.45, 7) is 7.04. The Morgan fingerprint density at radius 1 is 1.42 bits per heavy atom. The molecule has 7 heteroatoms. The van der Waals surface area contributed by atoms with Gasteiger partial charge in [-0.2, -0.15) is 5.10 Å². The van der Waals surface area contributed by atoms with Crippen molar-refractivity contribution in [1.29, 1.82) is 0 Å². The van der Waals surface area contributed by atoms with E-state index in [0.717, 1.165) is 45.0 Å². The fourth-order valence-electron chi connectivity index (χ4n) is 2.54. The third-order valence-electron chi connectivity index (χ3n) is 3.73. The molecule has 0 aromatic carbocycles. The normalized spacial score (nSPS) is 19.5. The maximum Gasteiger partial charge on any atom is 0.140 e. The molecule has 0 spiro atoms. The van der Waals surface area contributed by atoms with Gasteiger partial charge in [0.25, 0.3) is 0 Å². The van der Waals surface area contributed by atoms with E-state index in [1.807, 2.05) is 11.7 Å². The van der Waals surface area contributed by atoms with Gasteiger partial charge in [0, 0.05) is 33.2 Å². The van der Waals surface area contributed by atoms with Crippen molar-refractivity contribution >= 4 is 17.2 Å². The highest BCUT2D eigenvalue weighted by atomic mass is 32.1. The van der Waals surface area contributed by atoms with Crippen LogP contribution in [-0.2, 0) is 13.6 Å². The predicted octanol–water partition coefficient (Wildman–Crippen LogP) is -0.00260. The molecule has 0 bridgehead atoms. The number of rotatable bonds is 5. The molecule has 1 saturated heterocycles. The van der Waals surface area contributed by atoms with Crippen LogP contribution in [-0.4, -0.2) is 61.8 Å². The van der Waals surface area contributed by atoms with Crippen molar-refractivity contribution in [3.8, 4) is 0 Å². The smallest absolute Gasteiger partial charge is 0.140 e. The number of piperazine rings is 1. The Labute approximate surface area is 119 Å². The Hall–Kier alpha value is -1.05. The molecule has 6 nitrogen and oxygen atoms in total. The van der Waals surface area contributed by atoms with E-state index in [2.05, 4.69) is 26.8 Å². The van der Waals surface area contributed by atoms with E-state index in [-0.39, 0.29) is 6.04 Å². The van der Waals surface area contributed by atoms with Gasteiger partial charge in [0.2, 0.25) is 0 Å². The first-order valence-electron chi connectivity index (χ1n) is 6.70. The van der Waals surface area contributed by atoms with E-state index in [1.54, 1.807) is 6.33 Å². The van der Waals surface area contributed by atoms with E-state index in [9.17, 15) is 0 Å². The summed E-state index contributed by atoms with van der Waals surface area (Å²) in [5, 5.41) is 4.10. The molecule has 0 radical (unpaired) electrons. The molecule has 2 heterocycles. The first-order chi connectivity index (χ1) is 9.11. The van der Waals surface area contributed by atoms with Crippen LogP contribution < -0.4 is 5.73 Å². The highest BCUT2D eigenvalue weighted by molar-refractivity contribution is 7.80. The van der Waals surface area contributed by atoms with Gasteiger partial charge in [0.15, 0.2) is 0 Å². The maximum atomic E-state index is 5.80. The summed E-state index contributed by atoms with van der Waals surface area (Å²) in [4.78, 5) is 9.66. The zero-order chi connectivity index (χ0) is 13.8. The molecule has 1 aromatic heterocycles. The topological polar surface area (TPSA) is 63.2 Å². The molecule has 1 atom stereocenters. The second-order valence-corrected chi connectivity index (χ2v) is 5.41. The molecule has 1 unspecified atom stereocenters. The van der Waals surface area contributed by atoms with Crippen molar-refractivity contribution in [3.63, 3.8) is 0 Å². The molecule has 2 rings (SSSR count). The summed E-state index contributed by atoms with van der Waals surface area (Å²) >= 11 is 5.14. The Morgan fingerprint density at radius 3 is 2.58 bits per heavy atom. The zero-order valence-corrected chi connectivity index (χ0v) is 12.4. The lowest BCUT2D eigenvalue weighted by molar-refractivity contribution is 0.109. The van der Waals surface area contributed by atoms with E-state index in [0.29, 0.717) is 4.99 Å². The number of nitrogens with zero attached hydrogens (tertiary/aromatic N) is 5. The van der Waals surface area contributed by atoms with Crippen molar-refractivity contribution in [2.75, 3.05) is 26.2 Å². The minimum absolute atomic E-state index is 0.243. The van der Waals surface area contributed by atoms with Gasteiger partial charge in [-0.15, -0.1) is 0 Å². The van der Waals surface area contributed by atoms with Gasteiger partial charge < -0.3 is 5.73 Å². The summed E-state index contributed by atoms with van der Waals surface area (Å²) in [5.74, 6) is 1.01. The van der Waals surface area contributed by atoms with Crippen LogP contribution in [0.5, 0.6) is 0 Å². The number of thiocarbonyl (C=S) groups is 1. The largest absolute Gasteiger partial charge is 0.392 e. The molecule has 0 saturated carbocycles. The van der Waals surface area contributed by atoms with Crippen LogP contribution >= 0.6 is 12.2 Å². The molecule has 1 aliphatic rings. The van der Waals surface area contributed by atoms with E-state index < -0.39 is 0 Å². The molecule has 19 heavy (non-hydrogen) atoms. The second-order valence-electron chi connectivity index (χ2n) is 4.94. The van der Waals surface area contributed by atoms with Crippen LogP contribution in [0.25, 0.3) is 0 Å². The maximum absolute atomic E-state index is 5.80. The molecule has 0 amide bonds. The van der Waals surface area contributed by atoms with Crippen molar-refractivity contribution < 1.29 is 0 Å². The van der Waals surface area contributed by atoms with E-state index in [4.69, 9.17) is 18.0 Å². The standard InChI is InChI=1S/C12H22N6S/c1-3-10(12(13)19)18-6-4-17(5-7-18)8-11-14-9-15-16(11)2/h9-10H,3-8H2,1-2H3,(H2,13,19). The van der Waals surface area contributed by atoms with Gasteiger partial charge >= 0.3 is 0 Å². The van der Waals surface area contributed by atoms with Gasteiger partial charge in [0.1, 0.15) is 12.2 Å². The van der Waals surface area contributed by atoms with Crippen LogP contribution in [0, 0.1) is 0 Å². The average Bonchev–Trinajstić information content (AvgIpc) is 2.78. The predicted molar refractivity (Wildman–Crippen MR) is 78.7 cm³/mol. The van der Waals surface area contributed by atoms with Crippen LogP contribution in [0.15, 0.2) is 6.33 Å². The van der Waals surface area contributed by atoms with Crippen LogP contribution in [0.3, 0.4) is 0 Å². The summed E-state index contributed by atoms with van der Waals surface area (Å²) in [5.41, 5.74) is 5.80. The summed E-state index contributed by atoms with van der Waals surface area (Å²) in [6, 6.07) is 0.243. The Kier molecular flexibility index (Phi) is 4.84. The van der Waals surface area contributed by atoms with E-state index >= 15 is 0 Å². The SMILES string of the molecule is CCC(C(N)=S)N1CCN(Cc2ncnn2C)CC1. The van der Waals surface area contributed by atoms with Crippen molar-refractivity contribution in [1.82, 2.24) is 24.6 Å². The molecule has 1 fully saturated rings. The van der Waals surface area contributed by atoms with Gasteiger partial charge in [-0.25, -0.2) is 4.98 Å². The third-order valence-corrected chi connectivity index (χ3v) is 4.01. The Bertz CT molecular complexity index is 424. The lowest BCUT2D eigenvalue weighted by Crippen LogP contribution is -2.53. The molecule has 0 aliphatic carbocycles. The summed E-state index contributed by atoms with van der Waals surface area (Å²) in [7, 11) is 1.93. The monoisotopic (exact) mass is 282 g/mol.